The van der Waals surface area contributed by atoms with Crippen molar-refractivity contribution in [2.45, 2.75) is 60.8 Å². The number of nitrogens with one attached hydrogen (secondary N) is 1. The minimum Gasteiger partial charge on any atom is -0.493 e. The third kappa shape index (κ3) is 7.36. The van der Waals surface area contributed by atoms with Gasteiger partial charge in [0.25, 0.3) is 0 Å². The van der Waals surface area contributed by atoms with Crippen molar-refractivity contribution in [3.8, 4) is 17.2 Å². The van der Waals surface area contributed by atoms with E-state index in [4.69, 9.17) is 13.8 Å². The highest BCUT2D eigenvalue weighted by atomic mass is 31.2. The molecule has 0 saturated carbocycles. The first-order valence-electron chi connectivity index (χ1n) is 13.7. The van der Waals surface area contributed by atoms with Crippen LogP contribution in [0.25, 0.3) is 6.08 Å². The Bertz CT molecular complexity index is 1400. The lowest BCUT2D eigenvalue weighted by atomic mass is 9.92. The molecule has 3 aromatic carbocycles. The Morgan fingerprint density at radius 2 is 1.67 bits per heavy atom. The molecule has 0 spiro atoms. The number of allylic oxidation sites excluding steroid dienone is 3. The number of anilines is 2. The largest absolute Gasteiger partial charge is 0.493 e. The highest BCUT2D eigenvalue weighted by molar-refractivity contribution is 7.63. The zero-order valence-electron chi connectivity index (χ0n) is 23.9. The first kappa shape index (κ1) is 28.6. The standard InChI is InChI=1S/C33H40NO4P/c1-7-8-19-36-27-22-26(15-11-10-14-18-33(4,5)6)32-30(23-27)34-29-21-24(2)20-25(3)31(29)37-39(35,38-32)28-16-12-9-13-17-28/h9-17,20-23,34H,7-8,18-19H2,1-6H3/b14-10+,15-11+. The van der Waals surface area contributed by atoms with Crippen molar-refractivity contribution < 1.29 is 18.3 Å². The molecule has 0 saturated heterocycles. The van der Waals surface area contributed by atoms with Crippen LogP contribution in [0.4, 0.5) is 11.4 Å². The van der Waals surface area contributed by atoms with Gasteiger partial charge in [-0.1, -0.05) is 82.7 Å². The summed E-state index contributed by atoms with van der Waals surface area (Å²) in [7, 11) is -3.81. The van der Waals surface area contributed by atoms with Crippen molar-refractivity contribution in [3.63, 3.8) is 0 Å². The lowest BCUT2D eigenvalue weighted by Crippen LogP contribution is -2.18. The molecule has 1 aliphatic heterocycles. The predicted octanol–water partition coefficient (Wildman–Crippen LogP) is 9.52. The normalized spacial score (nSPS) is 17.0. The molecule has 5 nitrogen and oxygen atoms in total. The van der Waals surface area contributed by atoms with Crippen LogP contribution in [0.3, 0.4) is 0 Å². The smallest absolute Gasteiger partial charge is 0.462 e. The molecule has 0 aliphatic carbocycles. The van der Waals surface area contributed by atoms with Gasteiger partial charge >= 0.3 is 7.60 Å². The Morgan fingerprint density at radius 1 is 0.949 bits per heavy atom. The van der Waals surface area contributed by atoms with Gasteiger partial charge in [-0.15, -0.1) is 0 Å². The maximum Gasteiger partial charge on any atom is 0.462 e. The Labute approximate surface area is 233 Å². The van der Waals surface area contributed by atoms with E-state index < -0.39 is 7.60 Å². The van der Waals surface area contributed by atoms with E-state index in [9.17, 15) is 4.57 Å². The highest BCUT2D eigenvalue weighted by Crippen LogP contribution is 2.55. The second kappa shape index (κ2) is 12.2. The molecule has 4 rings (SSSR count). The second-order valence-corrected chi connectivity index (χ2v) is 13.1. The average Bonchev–Trinajstić information content (AvgIpc) is 2.87. The quantitative estimate of drug-likeness (QED) is 0.174. The summed E-state index contributed by atoms with van der Waals surface area (Å²) < 4.78 is 33.4. The number of unbranched alkanes of at least 4 members (excludes halogenated alkanes) is 1. The zero-order chi connectivity index (χ0) is 28.0. The third-order valence-corrected chi connectivity index (χ3v) is 8.07. The van der Waals surface area contributed by atoms with E-state index >= 15 is 0 Å². The molecule has 6 heteroatoms. The fraction of sp³-hybridized carbons (Fsp3) is 0.333. The molecule has 206 valence electrons. The summed E-state index contributed by atoms with van der Waals surface area (Å²) in [6.07, 6.45) is 11.1. The van der Waals surface area contributed by atoms with Crippen LogP contribution in [-0.4, -0.2) is 6.61 Å². The van der Waals surface area contributed by atoms with Gasteiger partial charge in [-0.3, -0.25) is 0 Å². The molecule has 39 heavy (non-hydrogen) atoms. The Balaban J connectivity index is 1.87. The number of aryl methyl sites for hydroxylation is 2. The highest BCUT2D eigenvalue weighted by Gasteiger charge is 2.36. The van der Waals surface area contributed by atoms with E-state index in [1.165, 1.54) is 0 Å². The van der Waals surface area contributed by atoms with E-state index in [0.29, 0.717) is 29.1 Å². The Hall–Kier alpha value is -3.43. The predicted molar refractivity (Wildman–Crippen MR) is 163 cm³/mol. The van der Waals surface area contributed by atoms with Crippen molar-refractivity contribution in [2.24, 2.45) is 5.41 Å². The van der Waals surface area contributed by atoms with Crippen molar-refractivity contribution in [2.75, 3.05) is 11.9 Å². The molecule has 0 radical (unpaired) electrons. The average molecular weight is 546 g/mol. The number of hydrogen-bond donors (Lipinski definition) is 1. The number of fused-ring (bicyclic) bond motifs is 2. The molecule has 1 heterocycles. The van der Waals surface area contributed by atoms with Gasteiger partial charge in [0, 0.05) is 11.6 Å². The monoisotopic (exact) mass is 545 g/mol. The van der Waals surface area contributed by atoms with Gasteiger partial charge in [0.1, 0.15) is 5.75 Å². The molecule has 1 unspecified atom stereocenters. The summed E-state index contributed by atoms with van der Waals surface area (Å²) in [6.45, 7) is 13.4. The van der Waals surface area contributed by atoms with E-state index in [0.717, 1.165) is 47.4 Å². The summed E-state index contributed by atoms with van der Waals surface area (Å²) in [6, 6.07) is 17.0. The van der Waals surface area contributed by atoms with Crippen LogP contribution in [0.5, 0.6) is 17.2 Å². The minimum absolute atomic E-state index is 0.211. The fourth-order valence-corrected chi connectivity index (χ4v) is 6.02. The lowest BCUT2D eigenvalue weighted by Gasteiger charge is -2.29. The molecule has 0 fully saturated rings. The third-order valence-electron chi connectivity index (χ3n) is 6.29. The fourth-order valence-electron chi connectivity index (χ4n) is 4.31. The van der Waals surface area contributed by atoms with Gasteiger partial charge in [0.2, 0.25) is 0 Å². The van der Waals surface area contributed by atoms with Crippen LogP contribution in [0, 0.1) is 19.3 Å². The number of ether oxygens (including phenoxy) is 1. The molecule has 0 aromatic heterocycles. The van der Waals surface area contributed by atoms with Gasteiger partial charge in [-0.25, -0.2) is 4.57 Å². The molecule has 1 atom stereocenters. The topological polar surface area (TPSA) is 56.8 Å². The summed E-state index contributed by atoms with van der Waals surface area (Å²) >= 11 is 0. The van der Waals surface area contributed by atoms with Crippen LogP contribution >= 0.6 is 7.60 Å². The second-order valence-electron chi connectivity index (χ2n) is 11.2. The number of rotatable bonds is 8. The molecule has 0 amide bonds. The van der Waals surface area contributed by atoms with Crippen molar-refractivity contribution >= 4 is 30.4 Å². The van der Waals surface area contributed by atoms with E-state index in [1.807, 2.05) is 74.5 Å². The van der Waals surface area contributed by atoms with Crippen LogP contribution in [0.1, 0.15) is 63.6 Å². The van der Waals surface area contributed by atoms with Gasteiger partial charge < -0.3 is 19.1 Å². The maximum atomic E-state index is 14.6. The van der Waals surface area contributed by atoms with E-state index in [1.54, 1.807) is 12.1 Å². The van der Waals surface area contributed by atoms with Gasteiger partial charge in [0.05, 0.1) is 23.3 Å². The van der Waals surface area contributed by atoms with Gasteiger partial charge in [0.15, 0.2) is 11.5 Å². The molecule has 1 N–H and O–H groups in total. The van der Waals surface area contributed by atoms with E-state index in [2.05, 4.69) is 39.1 Å². The van der Waals surface area contributed by atoms with Crippen LogP contribution in [0.2, 0.25) is 0 Å². The molecule has 0 bridgehead atoms. The molecule has 3 aromatic rings. The Kier molecular flexibility index (Phi) is 8.92. The van der Waals surface area contributed by atoms with Crippen LogP contribution in [0.15, 0.2) is 72.8 Å². The summed E-state index contributed by atoms with van der Waals surface area (Å²) in [5.41, 5.74) is 4.31. The summed E-state index contributed by atoms with van der Waals surface area (Å²) in [5, 5.41) is 4.00. The van der Waals surface area contributed by atoms with Crippen LogP contribution < -0.4 is 24.4 Å². The first-order chi connectivity index (χ1) is 18.6. The SMILES string of the molecule is CCCCOc1cc(/C=C/C=C/CC(C)(C)C)c2c(c1)Nc1cc(C)cc(C)c1OP(=O)(c1ccccc1)O2. The van der Waals surface area contributed by atoms with Gasteiger partial charge in [-0.2, -0.15) is 0 Å². The molecular formula is C33H40NO4P. The Morgan fingerprint density at radius 3 is 2.38 bits per heavy atom. The number of hydrogen-bond acceptors (Lipinski definition) is 5. The molecule has 1 aliphatic rings. The lowest BCUT2D eigenvalue weighted by molar-refractivity contribution is 0.309. The number of benzene rings is 3. The zero-order valence-corrected chi connectivity index (χ0v) is 24.8. The summed E-state index contributed by atoms with van der Waals surface area (Å²) in [5.74, 6) is 1.69. The van der Waals surface area contributed by atoms with Crippen molar-refractivity contribution in [1.82, 2.24) is 0 Å². The van der Waals surface area contributed by atoms with Crippen LogP contribution in [-0.2, 0) is 4.57 Å². The van der Waals surface area contributed by atoms with Crippen molar-refractivity contribution in [3.05, 3.63) is 89.5 Å². The molecular weight excluding hydrogens is 505 g/mol. The minimum atomic E-state index is -3.81. The summed E-state index contributed by atoms with van der Waals surface area (Å²) in [4.78, 5) is 0. The first-order valence-corrected chi connectivity index (χ1v) is 15.2. The maximum absolute atomic E-state index is 14.6. The van der Waals surface area contributed by atoms with Crippen molar-refractivity contribution in [1.29, 1.82) is 0 Å². The van der Waals surface area contributed by atoms with Gasteiger partial charge in [-0.05, 0) is 67.5 Å². The van der Waals surface area contributed by atoms with E-state index in [-0.39, 0.29) is 5.41 Å².